The van der Waals surface area contributed by atoms with Crippen molar-refractivity contribution in [3.05, 3.63) is 28.3 Å². The van der Waals surface area contributed by atoms with Crippen molar-refractivity contribution >= 4 is 17.5 Å². The summed E-state index contributed by atoms with van der Waals surface area (Å²) in [6, 6.07) is 0.323. The molecular weight excluding hydrogens is 364 g/mol. The zero-order chi connectivity index (χ0) is 19.6. The van der Waals surface area contributed by atoms with Crippen LogP contribution in [0, 0.1) is 0 Å². The summed E-state index contributed by atoms with van der Waals surface area (Å²) in [5, 5.41) is 7.49. The van der Waals surface area contributed by atoms with E-state index in [0.717, 1.165) is 62.6 Å². The van der Waals surface area contributed by atoms with E-state index in [1.807, 2.05) is 0 Å². The van der Waals surface area contributed by atoms with Gasteiger partial charge in [0.15, 0.2) is 0 Å². The van der Waals surface area contributed by atoms with Crippen molar-refractivity contribution in [3.63, 3.8) is 0 Å². The monoisotopic (exact) mass is 396 g/mol. The van der Waals surface area contributed by atoms with Gasteiger partial charge in [-0.1, -0.05) is 38.8 Å². The Morgan fingerprint density at radius 2 is 2.26 bits per heavy atom. The van der Waals surface area contributed by atoms with Gasteiger partial charge in [-0.15, -0.1) is 0 Å². The number of aromatic nitrogens is 2. The number of unbranched alkanes of at least 4 members (excludes halogenated alkanes) is 1. The Hall–Kier alpha value is -1.37. The minimum atomic E-state index is 0.230. The van der Waals surface area contributed by atoms with E-state index in [0.29, 0.717) is 23.6 Å². The van der Waals surface area contributed by atoms with E-state index in [9.17, 15) is 0 Å². The van der Waals surface area contributed by atoms with Crippen molar-refractivity contribution < 1.29 is 9.47 Å². The van der Waals surface area contributed by atoms with E-state index in [1.165, 1.54) is 0 Å². The van der Waals surface area contributed by atoms with Crippen LogP contribution in [0.25, 0.3) is 0 Å². The maximum absolute atomic E-state index is 6.22. The Labute approximate surface area is 168 Å². The van der Waals surface area contributed by atoms with Crippen molar-refractivity contribution in [1.82, 2.24) is 15.3 Å². The van der Waals surface area contributed by atoms with E-state index < -0.39 is 0 Å². The summed E-state index contributed by atoms with van der Waals surface area (Å²) < 4.78 is 11.4. The standard InChI is InChI=1S/C20H33ClN4O2/c1-5-6-9-27-13-18(15(4)23-16-8-7-10-26-12-16)24-20-22-11-17(21)19(25-20)14(2)3/h11,14,16,23H,5-10,12-13H2,1-4H3,(H,22,24,25)/b18-15+. The first-order chi connectivity index (χ1) is 13.0. The Balaban J connectivity index is 2.13. The van der Waals surface area contributed by atoms with E-state index in [2.05, 4.69) is 48.3 Å². The first-order valence-electron chi connectivity index (χ1n) is 9.92. The van der Waals surface area contributed by atoms with Crippen LogP contribution in [0.3, 0.4) is 0 Å². The first-order valence-corrected chi connectivity index (χ1v) is 10.3. The van der Waals surface area contributed by atoms with Gasteiger partial charge in [0.25, 0.3) is 0 Å². The third-order valence-corrected chi connectivity index (χ3v) is 4.79. The van der Waals surface area contributed by atoms with Gasteiger partial charge in [0.1, 0.15) is 0 Å². The molecule has 2 N–H and O–H groups in total. The van der Waals surface area contributed by atoms with Gasteiger partial charge < -0.3 is 20.1 Å². The van der Waals surface area contributed by atoms with Gasteiger partial charge in [-0.05, 0) is 32.1 Å². The number of allylic oxidation sites excluding steroid dienone is 1. The molecule has 0 aliphatic carbocycles. The average molecular weight is 397 g/mol. The van der Waals surface area contributed by atoms with Crippen molar-refractivity contribution in [2.24, 2.45) is 0 Å². The zero-order valence-corrected chi connectivity index (χ0v) is 17.7. The molecular formula is C20H33ClN4O2. The van der Waals surface area contributed by atoms with Crippen LogP contribution in [-0.4, -0.2) is 42.4 Å². The van der Waals surface area contributed by atoms with E-state index >= 15 is 0 Å². The predicted octanol–water partition coefficient (Wildman–Crippen LogP) is 4.48. The maximum atomic E-state index is 6.22. The van der Waals surface area contributed by atoms with Crippen LogP contribution < -0.4 is 10.6 Å². The molecule has 0 spiro atoms. The molecule has 1 aliphatic rings. The third kappa shape index (κ3) is 7.28. The van der Waals surface area contributed by atoms with Crippen LogP contribution in [0.4, 0.5) is 5.95 Å². The summed E-state index contributed by atoms with van der Waals surface area (Å²) >= 11 is 6.22. The van der Waals surface area contributed by atoms with Crippen molar-refractivity contribution in [2.45, 2.75) is 65.3 Å². The molecule has 1 fully saturated rings. The van der Waals surface area contributed by atoms with Crippen LogP contribution in [0.5, 0.6) is 0 Å². The first kappa shape index (κ1) is 21.9. The van der Waals surface area contributed by atoms with Crippen LogP contribution in [-0.2, 0) is 9.47 Å². The van der Waals surface area contributed by atoms with Crippen LogP contribution in [0.1, 0.15) is 65.0 Å². The van der Waals surface area contributed by atoms with Gasteiger partial charge in [0, 0.05) is 25.0 Å². The second-order valence-corrected chi connectivity index (χ2v) is 7.68. The SMILES string of the molecule is CCCCOC/C(Nc1ncc(Cl)c(C(C)C)n1)=C(/C)NC1CCCOC1. The summed E-state index contributed by atoms with van der Waals surface area (Å²) in [7, 11) is 0. The molecule has 1 unspecified atom stereocenters. The molecule has 2 rings (SSSR count). The van der Waals surface area contributed by atoms with Gasteiger partial charge in [-0.2, -0.15) is 0 Å². The van der Waals surface area contributed by atoms with Crippen LogP contribution >= 0.6 is 11.6 Å². The summed E-state index contributed by atoms with van der Waals surface area (Å²) in [5.74, 6) is 0.770. The Bertz CT molecular complexity index is 616. The van der Waals surface area contributed by atoms with Crippen LogP contribution in [0.2, 0.25) is 5.02 Å². The van der Waals surface area contributed by atoms with Gasteiger partial charge >= 0.3 is 0 Å². The molecule has 0 bridgehead atoms. The van der Waals surface area contributed by atoms with E-state index in [4.69, 9.17) is 21.1 Å². The summed E-state index contributed by atoms with van der Waals surface area (Å²) in [6.07, 6.45) is 6.00. The molecule has 27 heavy (non-hydrogen) atoms. The minimum Gasteiger partial charge on any atom is -0.382 e. The molecule has 2 heterocycles. The fourth-order valence-electron chi connectivity index (χ4n) is 2.89. The lowest BCUT2D eigenvalue weighted by Crippen LogP contribution is -2.37. The van der Waals surface area contributed by atoms with E-state index in [-0.39, 0.29) is 5.92 Å². The van der Waals surface area contributed by atoms with Gasteiger partial charge in [0.2, 0.25) is 5.95 Å². The molecule has 1 saturated heterocycles. The number of nitrogens with zero attached hydrogens (tertiary/aromatic N) is 2. The summed E-state index contributed by atoms with van der Waals surface area (Å²) in [5.41, 5.74) is 2.81. The fourth-order valence-corrected chi connectivity index (χ4v) is 3.20. The topological polar surface area (TPSA) is 68.3 Å². The summed E-state index contributed by atoms with van der Waals surface area (Å²) in [4.78, 5) is 8.93. The van der Waals surface area contributed by atoms with Crippen molar-refractivity contribution in [3.8, 4) is 0 Å². The van der Waals surface area contributed by atoms with Gasteiger partial charge in [0.05, 0.1) is 35.8 Å². The molecule has 0 saturated carbocycles. The quantitative estimate of drug-likeness (QED) is 0.568. The molecule has 1 aromatic rings. The zero-order valence-electron chi connectivity index (χ0n) is 17.0. The second kappa shape index (κ2) is 11.5. The third-order valence-electron chi connectivity index (χ3n) is 4.50. The Morgan fingerprint density at radius 1 is 1.44 bits per heavy atom. The highest BCUT2D eigenvalue weighted by Crippen LogP contribution is 2.23. The molecule has 6 nitrogen and oxygen atoms in total. The molecule has 152 valence electrons. The number of hydrogen-bond acceptors (Lipinski definition) is 6. The molecule has 7 heteroatoms. The summed E-state index contributed by atoms with van der Waals surface area (Å²) in [6.45, 7) is 11.1. The number of ether oxygens (including phenoxy) is 2. The predicted molar refractivity (Wildman–Crippen MR) is 110 cm³/mol. The minimum absolute atomic E-state index is 0.230. The van der Waals surface area contributed by atoms with Crippen molar-refractivity contribution in [1.29, 1.82) is 0 Å². The molecule has 0 amide bonds. The molecule has 1 aromatic heterocycles. The molecule has 1 aliphatic heterocycles. The van der Waals surface area contributed by atoms with E-state index in [1.54, 1.807) is 6.20 Å². The fraction of sp³-hybridized carbons (Fsp3) is 0.700. The lowest BCUT2D eigenvalue weighted by molar-refractivity contribution is 0.0733. The maximum Gasteiger partial charge on any atom is 0.227 e. The normalized spacial score (nSPS) is 18.4. The molecule has 0 aromatic carbocycles. The molecule has 0 radical (unpaired) electrons. The number of nitrogens with one attached hydrogen (secondary N) is 2. The Kier molecular flexibility index (Phi) is 9.31. The number of rotatable bonds is 10. The van der Waals surface area contributed by atoms with Crippen LogP contribution in [0.15, 0.2) is 17.6 Å². The smallest absolute Gasteiger partial charge is 0.227 e. The highest BCUT2D eigenvalue weighted by Gasteiger charge is 2.16. The lowest BCUT2D eigenvalue weighted by atomic mass is 10.1. The largest absolute Gasteiger partial charge is 0.382 e. The lowest BCUT2D eigenvalue weighted by Gasteiger charge is -2.26. The highest BCUT2D eigenvalue weighted by molar-refractivity contribution is 6.31. The number of anilines is 1. The average Bonchev–Trinajstić information content (AvgIpc) is 2.66. The Morgan fingerprint density at radius 3 is 2.93 bits per heavy atom. The number of hydrogen-bond donors (Lipinski definition) is 2. The van der Waals surface area contributed by atoms with Crippen molar-refractivity contribution in [2.75, 3.05) is 31.7 Å². The molecule has 1 atom stereocenters. The second-order valence-electron chi connectivity index (χ2n) is 7.27. The van der Waals surface area contributed by atoms with Gasteiger partial charge in [-0.3, -0.25) is 0 Å². The number of halogens is 1. The highest BCUT2D eigenvalue weighted by atomic mass is 35.5. The van der Waals surface area contributed by atoms with Gasteiger partial charge in [-0.25, -0.2) is 9.97 Å².